The van der Waals surface area contributed by atoms with Crippen LogP contribution in [0.15, 0.2) is 54.6 Å². The molecule has 0 amide bonds. The number of carbonyl (C=O) groups is 1. The summed E-state index contributed by atoms with van der Waals surface area (Å²) in [7, 11) is -0.470. The molecule has 2 rings (SSSR count). The zero-order valence-electron chi connectivity index (χ0n) is 13.8. The van der Waals surface area contributed by atoms with Gasteiger partial charge >= 0.3 is 0 Å². The summed E-state index contributed by atoms with van der Waals surface area (Å²) in [6.45, 7) is 0.825. The van der Waals surface area contributed by atoms with E-state index in [2.05, 4.69) is 0 Å². The molecule has 0 bridgehead atoms. The summed E-state index contributed by atoms with van der Waals surface area (Å²) in [5.41, 5.74) is 2.23. The van der Waals surface area contributed by atoms with Crippen molar-refractivity contribution in [3.05, 3.63) is 71.3 Å². The highest BCUT2D eigenvalue weighted by Gasteiger charge is 2.17. The highest BCUT2D eigenvalue weighted by atomic mass is 32.2. The van der Waals surface area contributed by atoms with Gasteiger partial charge in [-0.25, -0.2) is 8.42 Å². The molecule has 0 unspecified atom stereocenters. The van der Waals surface area contributed by atoms with Crippen LogP contribution in [-0.4, -0.2) is 49.6 Å². The highest BCUT2D eigenvalue weighted by molar-refractivity contribution is 7.85. The van der Waals surface area contributed by atoms with Crippen LogP contribution < -0.4 is 0 Å². The van der Waals surface area contributed by atoms with E-state index in [1.165, 1.54) is 0 Å². The Morgan fingerprint density at radius 2 is 1.50 bits per heavy atom. The Bertz CT molecular complexity index is 797. The Hall–Kier alpha value is -2.02. The van der Waals surface area contributed by atoms with Crippen molar-refractivity contribution >= 4 is 15.9 Å². The molecule has 0 N–H and O–H groups in total. The molecular formula is C18H21NO4S. The van der Waals surface area contributed by atoms with E-state index in [0.717, 1.165) is 5.56 Å². The van der Waals surface area contributed by atoms with Crippen LogP contribution in [0.1, 0.15) is 21.5 Å². The number of quaternary nitrogens is 1. The van der Waals surface area contributed by atoms with Crippen LogP contribution in [0.5, 0.6) is 0 Å². The predicted molar refractivity (Wildman–Crippen MR) is 91.6 cm³/mol. The summed E-state index contributed by atoms with van der Waals surface area (Å²) in [5.74, 6) is -0.418. The summed E-state index contributed by atoms with van der Waals surface area (Å²) in [4.78, 5) is 12.4. The largest absolute Gasteiger partial charge is 0.748 e. The van der Waals surface area contributed by atoms with Gasteiger partial charge in [-0.2, -0.15) is 0 Å². The molecule has 0 saturated carbocycles. The Morgan fingerprint density at radius 3 is 2.04 bits per heavy atom. The van der Waals surface area contributed by atoms with E-state index in [4.69, 9.17) is 0 Å². The van der Waals surface area contributed by atoms with Gasteiger partial charge in [-0.3, -0.25) is 4.79 Å². The maximum absolute atomic E-state index is 12.4. The van der Waals surface area contributed by atoms with Crippen LogP contribution in [-0.2, 0) is 16.7 Å². The summed E-state index contributed by atoms with van der Waals surface area (Å²) >= 11 is 0. The maximum Gasteiger partial charge on any atom is 0.193 e. The molecule has 0 atom stereocenters. The Morgan fingerprint density at radius 1 is 0.958 bits per heavy atom. The van der Waals surface area contributed by atoms with Crippen LogP contribution in [0.3, 0.4) is 0 Å². The molecule has 2 aromatic rings. The molecule has 0 aliphatic carbocycles. The molecule has 0 radical (unpaired) electrons. The van der Waals surface area contributed by atoms with E-state index in [1.54, 1.807) is 24.3 Å². The first kappa shape index (κ1) is 18.3. The fourth-order valence-corrected chi connectivity index (χ4v) is 3.17. The molecule has 6 heteroatoms. The average Bonchev–Trinajstić information content (AvgIpc) is 2.53. The van der Waals surface area contributed by atoms with Gasteiger partial charge in [0.2, 0.25) is 0 Å². The van der Waals surface area contributed by atoms with Gasteiger partial charge in [-0.05, 0) is 0 Å². The van der Waals surface area contributed by atoms with Crippen LogP contribution in [0.25, 0.3) is 0 Å². The molecule has 0 heterocycles. The molecule has 0 aliphatic rings. The third kappa shape index (κ3) is 5.56. The van der Waals surface area contributed by atoms with E-state index < -0.39 is 10.1 Å². The number of benzene rings is 2. The van der Waals surface area contributed by atoms with Crippen LogP contribution >= 0.6 is 0 Å². The van der Waals surface area contributed by atoms with E-state index in [9.17, 15) is 17.8 Å². The lowest BCUT2D eigenvalue weighted by atomic mass is 10.0. The summed E-state index contributed by atoms with van der Waals surface area (Å²) in [6, 6.07) is 16.3. The second-order valence-corrected chi connectivity index (χ2v) is 7.99. The molecule has 2 aromatic carbocycles. The number of carbonyl (C=O) groups excluding carboxylic acids is 1. The number of ketones is 1. The summed E-state index contributed by atoms with van der Waals surface area (Å²) < 4.78 is 32.7. The number of hydrogen-bond donors (Lipinski definition) is 0. The van der Waals surface area contributed by atoms with Crippen LogP contribution in [0.4, 0.5) is 0 Å². The van der Waals surface area contributed by atoms with E-state index in [0.29, 0.717) is 22.2 Å². The van der Waals surface area contributed by atoms with Crippen molar-refractivity contribution in [3.63, 3.8) is 0 Å². The zero-order chi connectivity index (χ0) is 17.8. The lowest BCUT2D eigenvalue weighted by Crippen LogP contribution is -2.42. The van der Waals surface area contributed by atoms with Gasteiger partial charge in [0.25, 0.3) is 0 Å². The minimum absolute atomic E-state index is 0.0339. The zero-order valence-corrected chi connectivity index (χ0v) is 14.6. The molecule has 0 aromatic heterocycles. The highest BCUT2D eigenvalue weighted by Crippen LogP contribution is 2.14. The Kier molecular flexibility index (Phi) is 5.54. The van der Waals surface area contributed by atoms with Crippen molar-refractivity contribution in [2.75, 3.05) is 26.4 Å². The molecule has 24 heavy (non-hydrogen) atoms. The summed E-state index contributed by atoms with van der Waals surface area (Å²) in [5, 5.41) is 0. The SMILES string of the molecule is C[N+](C)(CCS(=O)(=O)[O-])Cc1ccc(C(=O)c2ccccc2)cc1. The molecule has 0 aliphatic heterocycles. The number of rotatable bonds is 7. The quantitative estimate of drug-likeness (QED) is 0.436. The van der Waals surface area contributed by atoms with Crippen molar-refractivity contribution in [1.29, 1.82) is 0 Å². The first-order valence-corrected chi connectivity index (χ1v) is 9.18. The first-order valence-electron chi connectivity index (χ1n) is 7.61. The van der Waals surface area contributed by atoms with E-state index in [-0.39, 0.29) is 18.1 Å². The van der Waals surface area contributed by atoms with Crippen LogP contribution in [0.2, 0.25) is 0 Å². The molecule has 128 valence electrons. The Balaban J connectivity index is 2.05. The lowest BCUT2D eigenvalue weighted by Gasteiger charge is -2.30. The van der Waals surface area contributed by atoms with Crippen molar-refractivity contribution < 1.29 is 22.2 Å². The monoisotopic (exact) mass is 347 g/mol. The van der Waals surface area contributed by atoms with Gasteiger partial charge in [0.15, 0.2) is 5.78 Å². The van der Waals surface area contributed by atoms with Gasteiger partial charge < -0.3 is 9.04 Å². The lowest BCUT2D eigenvalue weighted by molar-refractivity contribution is -0.901. The molecule has 5 nitrogen and oxygen atoms in total. The van der Waals surface area contributed by atoms with Gasteiger partial charge in [0.1, 0.15) is 16.7 Å². The van der Waals surface area contributed by atoms with Crippen molar-refractivity contribution in [2.45, 2.75) is 6.54 Å². The Labute approximate surface area is 142 Å². The molecular weight excluding hydrogens is 326 g/mol. The minimum Gasteiger partial charge on any atom is -0.748 e. The second-order valence-electron chi connectivity index (χ2n) is 6.47. The topological polar surface area (TPSA) is 74.3 Å². The van der Waals surface area contributed by atoms with E-state index in [1.807, 2.05) is 44.4 Å². The number of nitrogens with zero attached hydrogens (tertiary/aromatic N) is 1. The third-order valence-corrected chi connectivity index (χ3v) is 4.49. The summed E-state index contributed by atoms with van der Waals surface area (Å²) in [6.07, 6.45) is 0. The van der Waals surface area contributed by atoms with Gasteiger partial charge in [0, 0.05) is 16.7 Å². The van der Waals surface area contributed by atoms with Gasteiger partial charge in [-0.1, -0.05) is 54.6 Å². The average molecular weight is 347 g/mol. The van der Waals surface area contributed by atoms with Crippen molar-refractivity contribution in [2.24, 2.45) is 0 Å². The van der Waals surface area contributed by atoms with Gasteiger partial charge in [-0.15, -0.1) is 0 Å². The fraction of sp³-hybridized carbons (Fsp3) is 0.278. The van der Waals surface area contributed by atoms with Gasteiger partial charge in [0.05, 0.1) is 26.4 Å². The smallest absolute Gasteiger partial charge is 0.193 e. The minimum atomic E-state index is -4.21. The first-order chi connectivity index (χ1) is 11.2. The molecule has 0 fully saturated rings. The maximum atomic E-state index is 12.4. The number of hydrogen-bond acceptors (Lipinski definition) is 4. The normalized spacial score (nSPS) is 12.1. The van der Waals surface area contributed by atoms with E-state index >= 15 is 0 Å². The van der Waals surface area contributed by atoms with Crippen LogP contribution in [0, 0.1) is 0 Å². The standard InChI is InChI=1S/C18H21NO4S/c1-19(2,12-13-24(21,22)23)14-15-8-10-17(11-9-15)18(20)16-6-4-3-5-7-16/h3-11H,12-14H2,1-2H3. The van der Waals surface area contributed by atoms with Crippen molar-refractivity contribution in [1.82, 2.24) is 0 Å². The molecule has 0 saturated heterocycles. The second kappa shape index (κ2) is 7.25. The molecule has 0 spiro atoms. The van der Waals surface area contributed by atoms with Crippen molar-refractivity contribution in [3.8, 4) is 0 Å². The predicted octanol–water partition coefficient (Wildman–Crippen LogP) is 2.04. The third-order valence-electron chi connectivity index (χ3n) is 3.81. The fourth-order valence-electron chi connectivity index (χ4n) is 2.45.